The number of rotatable bonds is 5. The second-order valence-corrected chi connectivity index (χ2v) is 3.74. The van der Waals surface area contributed by atoms with Gasteiger partial charge in [0.05, 0.1) is 5.41 Å². The molecule has 0 aromatic heterocycles. The number of hydrogen-bond acceptors (Lipinski definition) is 3. The van der Waals surface area contributed by atoms with Crippen molar-refractivity contribution in [1.82, 2.24) is 5.32 Å². The molecule has 0 heterocycles. The predicted octanol–water partition coefficient (Wildman–Crippen LogP) is -0.420. The number of hydrogen-bond donors (Lipinski definition) is 3. The molecule has 0 aliphatic heterocycles. The molecule has 76 valence electrons. The SMILES string of the molecule is NCCCNC(=O)C1(CN)CCC1. The Morgan fingerprint density at radius 1 is 1.38 bits per heavy atom. The third kappa shape index (κ3) is 2.19. The van der Waals surface area contributed by atoms with Crippen molar-refractivity contribution in [3.63, 3.8) is 0 Å². The summed E-state index contributed by atoms with van der Waals surface area (Å²) < 4.78 is 0. The van der Waals surface area contributed by atoms with Gasteiger partial charge in [-0.15, -0.1) is 0 Å². The predicted molar refractivity (Wildman–Crippen MR) is 52.0 cm³/mol. The van der Waals surface area contributed by atoms with Crippen LogP contribution in [0.15, 0.2) is 0 Å². The van der Waals surface area contributed by atoms with Crippen molar-refractivity contribution in [2.75, 3.05) is 19.6 Å². The zero-order valence-corrected chi connectivity index (χ0v) is 8.01. The fourth-order valence-corrected chi connectivity index (χ4v) is 1.62. The molecule has 13 heavy (non-hydrogen) atoms. The average Bonchev–Trinajstić information content (AvgIpc) is 2.04. The van der Waals surface area contributed by atoms with Crippen LogP contribution >= 0.6 is 0 Å². The molecule has 0 aromatic rings. The molecule has 5 N–H and O–H groups in total. The van der Waals surface area contributed by atoms with E-state index in [4.69, 9.17) is 11.5 Å². The lowest BCUT2D eigenvalue weighted by atomic mass is 9.68. The van der Waals surface area contributed by atoms with E-state index in [0.29, 0.717) is 19.6 Å². The van der Waals surface area contributed by atoms with E-state index >= 15 is 0 Å². The monoisotopic (exact) mass is 185 g/mol. The third-order valence-corrected chi connectivity index (χ3v) is 2.85. The summed E-state index contributed by atoms with van der Waals surface area (Å²) in [7, 11) is 0. The van der Waals surface area contributed by atoms with E-state index in [1.165, 1.54) is 0 Å². The smallest absolute Gasteiger partial charge is 0.227 e. The zero-order chi connectivity index (χ0) is 9.73. The lowest BCUT2D eigenvalue weighted by molar-refractivity contribution is -0.135. The first-order valence-corrected chi connectivity index (χ1v) is 4.93. The summed E-state index contributed by atoms with van der Waals surface area (Å²) in [5.41, 5.74) is 10.7. The summed E-state index contributed by atoms with van der Waals surface area (Å²) >= 11 is 0. The van der Waals surface area contributed by atoms with Gasteiger partial charge in [-0.05, 0) is 25.8 Å². The van der Waals surface area contributed by atoms with Crippen LogP contribution < -0.4 is 16.8 Å². The van der Waals surface area contributed by atoms with Gasteiger partial charge in [-0.25, -0.2) is 0 Å². The molecule has 4 nitrogen and oxygen atoms in total. The Balaban J connectivity index is 2.28. The minimum absolute atomic E-state index is 0.120. The van der Waals surface area contributed by atoms with Crippen molar-refractivity contribution >= 4 is 5.91 Å². The van der Waals surface area contributed by atoms with Gasteiger partial charge in [-0.2, -0.15) is 0 Å². The number of amides is 1. The maximum Gasteiger partial charge on any atom is 0.227 e. The first-order valence-electron chi connectivity index (χ1n) is 4.93. The van der Waals surface area contributed by atoms with Crippen LogP contribution in [0.1, 0.15) is 25.7 Å². The van der Waals surface area contributed by atoms with Crippen LogP contribution in [0.2, 0.25) is 0 Å². The first-order chi connectivity index (χ1) is 6.25. The van der Waals surface area contributed by atoms with E-state index in [0.717, 1.165) is 25.7 Å². The topological polar surface area (TPSA) is 81.1 Å². The Morgan fingerprint density at radius 3 is 2.46 bits per heavy atom. The Labute approximate surface area is 79.0 Å². The molecule has 0 radical (unpaired) electrons. The maximum atomic E-state index is 11.6. The quantitative estimate of drug-likeness (QED) is 0.509. The lowest BCUT2D eigenvalue weighted by Crippen LogP contribution is -2.50. The van der Waals surface area contributed by atoms with E-state index in [9.17, 15) is 4.79 Å². The third-order valence-electron chi connectivity index (χ3n) is 2.85. The zero-order valence-electron chi connectivity index (χ0n) is 8.01. The fourth-order valence-electron chi connectivity index (χ4n) is 1.62. The molecular formula is C9H19N3O. The molecule has 1 aliphatic carbocycles. The standard InChI is InChI=1S/C9H19N3O/c10-5-2-6-12-8(13)9(7-11)3-1-4-9/h1-7,10-11H2,(H,12,13). The lowest BCUT2D eigenvalue weighted by Gasteiger charge is -2.39. The molecule has 0 saturated heterocycles. The number of nitrogens with two attached hydrogens (primary N) is 2. The fraction of sp³-hybridized carbons (Fsp3) is 0.889. The van der Waals surface area contributed by atoms with Gasteiger partial charge in [0, 0.05) is 13.1 Å². The summed E-state index contributed by atoms with van der Waals surface area (Å²) in [4.78, 5) is 11.6. The van der Waals surface area contributed by atoms with Gasteiger partial charge in [-0.3, -0.25) is 4.79 Å². The van der Waals surface area contributed by atoms with E-state index in [-0.39, 0.29) is 11.3 Å². The van der Waals surface area contributed by atoms with Gasteiger partial charge in [0.15, 0.2) is 0 Å². The highest BCUT2D eigenvalue weighted by Gasteiger charge is 2.42. The van der Waals surface area contributed by atoms with Crippen LogP contribution in [0, 0.1) is 5.41 Å². The van der Waals surface area contributed by atoms with Crippen LogP contribution in [0.5, 0.6) is 0 Å². The van der Waals surface area contributed by atoms with Crippen molar-refractivity contribution < 1.29 is 4.79 Å². The molecule has 4 heteroatoms. The highest BCUT2D eigenvalue weighted by molar-refractivity contribution is 5.83. The Bertz CT molecular complexity index is 172. The van der Waals surface area contributed by atoms with Crippen LogP contribution in [-0.2, 0) is 4.79 Å². The van der Waals surface area contributed by atoms with Crippen molar-refractivity contribution in [1.29, 1.82) is 0 Å². The summed E-state index contributed by atoms with van der Waals surface area (Å²) in [6.45, 7) is 1.77. The average molecular weight is 185 g/mol. The van der Waals surface area contributed by atoms with Gasteiger partial charge >= 0.3 is 0 Å². The highest BCUT2D eigenvalue weighted by atomic mass is 16.2. The normalized spacial score (nSPS) is 19.2. The van der Waals surface area contributed by atoms with Gasteiger partial charge in [0.1, 0.15) is 0 Å². The maximum absolute atomic E-state index is 11.6. The number of carbonyl (C=O) groups is 1. The van der Waals surface area contributed by atoms with Gasteiger partial charge < -0.3 is 16.8 Å². The van der Waals surface area contributed by atoms with Gasteiger partial charge in [0.2, 0.25) is 5.91 Å². The highest BCUT2D eigenvalue weighted by Crippen LogP contribution is 2.39. The molecule has 0 atom stereocenters. The van der Waals surface area contributed by atoms with Crippen molar-refractivity contribution in [2.45, 2.75) is 25.7 Å². The van der Waals surface area contributed by atoms with Gasteiger partial charge in [-0.1, -0.05) is 6.42 Å². The minimum Gasteiger partial charge on any atom is -0.356 e. The van der Waals surface area contributed by atoms with Crippen LogP contribution in [0.25, 0.3) is 0 Å². The molecule has 1 amide bonds. The van der Waals surface area contributed by atoms with Crippen LogP contribution in [0.4, 0.5) is 0 Å². The Kier molecular flexibility index (Phi) is 3.69. The van der Waals surface area contributed by atoms with E-state index in [2.05, 4.69) is 5.32 Å². The summed E-state index contributed by atoms with van der Waals surface area (Å²) in [5, 5.41) is 2.88. The van der Waals surface area contributed by atoms with Crippen molar-refractivity contribution in [2.24, 2.45) is 16.9 Å². The molecule has 1 fully saturated rings. The molecule has 0 bridgehead atoms. The van der Waals surface area contributed by atoms with E-state index in [1.54, 1.807) is 0 Å². The van der Waals surface area contributed by atoms with Crippen LogP contribution in [0.3, 0.4) is 0 Å². The van der Waals surface area contributed by atoms with Crippen molar-refractivity contribution in [3.8, 4) is 0 Å². The van der Waals surface area contributed by atoms with Gasteiger partial charge in [0.25, 0.3) is 0 Å². The Hall–Kier alpha value is -0.610. The molecule has 1 rings (SSSR count). The summed E-state index contributed by atoms with van der Waals surface area (Å²) in [6.07, 6.45) is 3.85. The Morgan fingerprint density at radius 2 is 2.08 bits per heavy atom. The largest absolute Gasteiger partial charge is 0.356 e. The molecular weight excluding hydrogens is 166 g/mol. The van der Waals surface area contributed by atoms with Crippen LogP contribution in [-0.4, -0.2) is 25.5 Å². The first kappa shape index (κ1) is 10.5. The van der Waals surface area contributed by atoms with E-state index < -0.39 is 0 Å². The summed E-state index contributed by atoms with van der Waals surface area (Å²) in [6, 6.07) is 0. The molecule has 0 unspecified atom stereocenters. The second kappa shape index (κ2) is 4.58. The molecule has 0 aromatic carbocycles. The number of carbonyl (C=O) groups excluding carboxylic acids is 1. The minimum atomic E-state index is -0.241. The molecule has 1 aliphatic rings. The molecule has 0 spiro atoms. The summed E-state index contributed by atoms with van der Waals surface area (Å²) in [5.74, 6) is 0.120. The van der Waals surface area contributed by atoms with Crippen molar-refractivity contribution in [3.05, 3.63) is 0 Å². The molecule has 1 saturated carbocycles. The number of nitrogens with one attached hydrogen (secondary N) is 1. The van der Waals surface area contributed by atoms with E-state index in [1.807, 2.05) is 0 Å². The second-order valence-electron chi connectivity index (χ2n) is 3.74.